The van der Waals surface area contributed by atoms with Crippen LogP contribution in [0, 0.1) is 11.3 Å². The van der Waals surface area contributed by atoms with Gasteiger partial charge < -0.3 is 15.0 Å². The molecule has 7 nitrogen and oxygen atoms in total. The predicted octanol–water partition coefficient (Wildman–Crippen LogP) is 2.79. The van der Waals surface area contributed by atoms with Crippen LogP contribution in [0.3, 0.4) is 0 Å². The Kier molecular flexibility index (Phi) is 6.06. The molecule has 1 aliphatic heterocycles. The third-order valence-corrected chi connectivity index (χ3v) is 5.30. The zero-order valence-electron chi connectivity index (χ0n) is 15.3. The van der Waals surface area contributed by atoms with Crippen molar-refractivity contribution in [2.75, 3.05) is 11.9 Å². The number of ether oxygens (including phenoxy) is 1. The summed E-state index contributed by atoms with van der Waals surface area (Å²) >= 11 is 1.32. The number of nitriles is 1. The van der Waals surface area contributed by atoms with Gasteiger partial charge >= 0.3 is 5.97 Å². The molecular weight excluding hydrogens is 378 g/mol. The molecule has 3 rings (SSSR count). The number of rotatable bonds is 5. The van der Waals surface area contributed by atoms with E-state index in [2.05, 4.69) is 5.32 Å². The van der Waals surface area contributed by atoms with Gasteiger partial charge in [-0.15, -0.1) is 11.3 Å². The Morgan fingerprint density at radius 1 is 1.32 bits per heavy atom. The Balaban J connectivity index is 1.60. The Labute approximate surface area is 166 Å². The summed E-state index contributed by atoms with van der Waals surface area (Å²) in [5, 5.41) is 13.4. The summed E-state index contributed by atoms with van der Waals surface area (Å²) in [5.41, 5.74) is 0.860. The Bertz CT molecular complexity index is 920. The maximum atomic E-state index is 12.6. The summed E-state index contributed by atoms with van der Waals surface area (Å²) in [7, 11) is 0. The van der Waals surface area contributed by atoms with Crippen molar-refractivity contribution in [3.05, 3.63) is 52.2 Å². The number of nitrogens with zero attached hydrogens (tertiary/aromatic N) is 2. The molecule has 2 atom stereocenters. The van der Waals surface area contributed by atoms with Gasteiger partial charge in [0.25, 0.3) is 11.8 Å². The van der Waals surface area contributed by atoms with Gasteiger partial charge in [-0.3, -0.25) is 9.59 Å². The summed E-state index contributed by atoms with van der Waals surface area (Å²) in [6, 6.07) is 11.3. The van der Waals surface area contributed by atoms with Gasteiger partial charge in [-0.1, -0.05) is 12.1 Å². The number of anilines is 1. The maximum absolute atomic E-state index is 12.6. The topological polar surface area (TPSA) is 99.5 Å². The number of amides is 2. The molecule has 0 radical (unpaired) electrons. The lowest BCUT2D eigenvalue weighted by Gasteiger charge is -2.24. The third-order valence-electron chi connectivity index (χ3n) is 4.44. The highest BCUT2D eigenvalue weighted by Crippen LogP contribution is 2.23. The molecule has 0 aliphatic carbocycles. The number of nitrogens with one attached hydrogen (secondary N) is 1. The highest BCUT2D eigenvalue weighted by Gasteiger charge is 2.37. The number of likely N-dealkylation sites (tertiary alicyclic amines) is 1. The van der Waals surface area contributed by atoms with Crippen LogP contribution in [0.2, 0.25) is 0 Å². The van der Waals surface area contributed by atoms with E-state index in [1.54, 1.807) is 30.3 Å². The smallest absolute Gasteiger partial charge is 0.329 e. The number of thiophene rings is 1. The van der Waals surface area contributed by atoms with Crippen molar-refractivity contribution in [3.63, 3.8) is 0 Å². The van der Waals surface area contributed by atoms with Crippen LogP contribution in [0.25, 0.3) is 0 Å². The summed E-state index contributed by atoms with van der Waals surface area (Å²) in [6.45, 7) is 1.96. The molecule has 0 unspecified atom stereocenters. The summed E-state index contributed by atoms with van der Waals surface area (Å²) in [4.78, 5) is 39.5. The second-order valence-electron chi connectivity index (χ2n) is 6.39. The van der Waals surface area contributed by atoms with E-state index in [1.165, 1.54) is 29.2 Å². The van der Waals surface area contributed by atoms with E-state index in [-0.39, 0.29) is 5.91 Å². The van der Waals surface area contributed by atoms with Crippen molar-refractivity contribution < 1.29 is 19.1 Å². The number of hydrogen-bond donors (Lipinski definition) is 1. The van der Waals surface area contributed by atoms with Crippen molar-refractivity contribution >= 4 is 34.8 Å². The highest BCUT2D eigenvalue weighted by atomic mass is 32.1. The number of carbonyl (C=O) groups is 3. The number of hydrogen-bond acceptors (Lipinski definition) is 6. The van der Waals surface area contributed by atoms with Crippen LogP contribution in [0.4, 0.5) is 5.69 Å². The normalized spacial score (nSPS) is 16.9. The first-order valence-corrected chi connectivity index (χ1v) is 9.73. The van der Waals surface area contributed by atoms with Gasteiger partial charge in [0.1, 0.15) is 6.04 Å². The molecule has 28 heavy (non-hydrogen) atoms. The first-order valence-electron chi connectivity index (χ1n) is 8.85. The van der Waals surface area contributed by atoms with Crippen LogP contribution < -0.4 is 5.32 Å². The molecule has 8 heteroatoms. The molecule has 1 saturated heterocycles. The summed E-state index contributed by atoms with van der Waals surface area (Å²) in [5.74, 6) is -1.28. The van der Waals surface area contributed by atoms with Crippen LogP contribution in [0.1, 0.15) is 35.0 Å². The van der Waals surface area contributed by atoms with Crippen molar-refractivity contribution in [2.24, 2.45) is 0 Å². The minimum absolute atomic E-state index is 0.195. The minimum Gasteiger partial charge on any atom is -0.451 e. The van der Waals surface area contributed by atoms with Crippen molar-refractivity contribution in [1.82, 2.24) is 4.90 Å². The zero-order chi connectivity index (χ0) is 20.1. The fraction of sp³-hybridized carbons (Fsp3) is 0.300. The molecule has 0 bridgehead atoms. The number of carbonyl (C=O) groups excluding carboxylic acids is 3. The first kappa shape index (κ1) is 19.6. The molecule has 144 valence electrons. The first-order chi connectivity index (χ1) is 13.5. The van der Waals surface area contributed by atoms with Gasteiger partial charge in [0.05, 0.1) is 16.5 Å². The van der Waals surface area contributed by atoms with Gasteiger partial charge in [-0.05, 0) is 49.4 Å². The highest BCUT2D eigenvalue weighted by molar-refractivity contribution is 7.12. The average molecular weight is 397 g/mol. The molecule has 1 aromatic heterocycles. The van der Waals surface area contributed by atoms with E-state index in [0.717, 1.165) is 0 Å². The van der Waals surface area contributed by atoms with Gasteiger partial charge in [0.2, 0.25) is 0 Å². The SMILES string of the molecule is C[C@H](OC(=O)[C@@H]1CCCN1C(=O)c1cccs1)C(=O)Nc1cccc(C#N)c1. The summed E-state index contributed by atoms with van der Waals surface area (Å²) in [6.07, 6.45) is 0.185. The predicted molar refractivity (Wildman–Crippen MR) is 104 cm³/mol. The second-order valence-corrected chi connectivity index (χ2v) is 7.34. The van der Waals surface area contributed by atoms with E-state index >= 15 is 0 Å². The Morgan fingerprint density at radius 3 is 2.86 bits per heavy atom. The minimum atomic E-state index is -1.03. The monoisotopic (exact) mass is 397 g/mol. The van der Waals surface area contributed by atoms with Crippen LogP contribution >= 0.6 is 11.3 Å². The lowest BCUT2D eigenvalue weighted by molar-refractivity contribution is -0.156. The maximum Gasteiger partial charge on any atom is 0.329 e. The van der Waals surface area contributed by atoms with Crippen molar-refractivity contribution in [3.8, 4) is 6.07 Å². The van der Waals surface area contributed by atoms with Crippen LogP contribution in [0.5, 0.6) is 0 Å². The quantitative estimate of drug-likeness (QED) is 0.782. The molecule has 0 spiro atoms. The second kappa shape index (κ2) is 8.67. The Morgan fingerprint density at radius 2 is 2.14 bits per heavy atom. The Hall–Kier alpha value is -3.18. The van der Waals surface area contributed by atoms with Crippen molar-refractivity contribution in [1.29, 1.82) is 5.26 Å². The molecule has 1 aliphatic rings. The van der Waals surface area contributed by atoms with Crippen molar-refractivity contribution in [2.45, 2.75) is 31.9 Å². The van der Waals surface area contributed by atoms with E-state index < -0.39 is 24.0 Å². The van der Waals surface area contributed by atoms with E-state index in [0.29, 0.717) is 35.5 Å². The largest absolute Gasteiger partial charge is 0.451 e. The molecule has 1 N–H and O–H groups in total. The van der Waals surface area contributed by atoms with Crippen LogP contribution in [0.15, 0.2) is 41.8 Å². The molecule has 0 saturated carbocycles. The molecule has 2 amide bonds. The van der Waals surface area contributed by atoms with Crippen LogP contribution in [-0.4, -0.2) is 41.4 Å². The standard InChI is InChI=1S/C20H19N3O4S/c1-13(18(24)22-15-6-2-5-14(11-15)12-21)27-20(26)16-7-3-9-23(16)19(25)17-8-4-10-28-17/h2,4-6,8,10-11,13,16H,3,7,9H2,1H3,(H,22,24)/t13-,16-/m0/s1. The van der Waals surface area contributed by atoms with Gasteiger partial charge in [-0.2, -0.15) is 5.26 Å². The lowest BCUT2D eigenvalue weighted by Crippen LogP contribution is -2.43. The van der Waals surface area contributed by atoms with Gasteiger partial charge in [0, 0.05) is 12.2 Å². The zero-order valence-corrected chi connectivity index (χ0v) is 16.1. The molecule has 2 heterocycles. The van der Waals surface area contributed by atoms with Crippen LogP contribution in [-0.2, 0) is 14.3 Å². The number of benzene rings is 1. The molecule has 1 fully saturated rings. The lowest BCUT2D eigenvalue weighted by atomic mass is 10.2. The fourth-order valence-corrected chi connectivity index (χ4v) is 3.69. The third kappa shape index (κ3) is 4.38. The molecule has 2 aromatic rings. The van der Waals surface area contributed by atoms with E-state index in [1.807, 2.05) is 11.4 Å². The van der Waals surface area contributed by atoms with Gasteiger partial charge in [0.15, 0.2) is 6.10 Å². The van der Waals surface area contributed by atoms with E-state index in [9.17, 15) is 14.4 Å². The molecular formula is C20H19N3O4S. The number of esters is 1. The summed E-state index contributed by atoms with van der Waals surface area (Å²) < 4.78 is 5.32. The van der Waals surface area contributed by atoms with E-state index in [4.69, 9.17) is 10.00 Å². The molecule has 1 aromatic carbocycles. The fourth-order valence-electron chi connectivity index (χ4n) is 3.01. The van der Waals surface area contributed by atoms with Gasteiger partial charge in [-0.25, -0.2) is 4.79 Å². The average Bonchev–Trinajstić information content (AvgIpc) is 3.39.